The van der Waals surface area contributed by atoms with E-state index in [0.717, 1.165) is 0 Å². The Bertz CT molecular complexity index is 686. The number of rotatable bonds is 5. The normalized spacial score (nSPS) is 27.7. The number of carbonyl (C=O) groups excluding carboxylic acids is 1. The number of Topliss-reactive ketones (excluding diaryl/α,β-unsaturated/α-hetero) is 1. The van der Waals surface area contributed by atoms with E-state index in [-0.39, 0.29) is 46.3 Å². The van der Waals surface area contributed by atoms with Gasteiger partial charge >= 0.3 is 5.69 Å². The molecule has 0 unspecified atom stereocenters. The van der Waals surface area contributed by atoms with Crippen molar-refractivity contribution in [1.82, 2.24) is 4.98 Å². The van der Waals surface area contributed by atoms with E-state index >= 15 is 0 Å². The molecule has 2 saturated heterocycles. The van der Waals surface area contributed by atoms with Crippen LogP contribution in [0.2, 0.25) is 5.02 Å². The number of aromatic nitrogens is 1. The molecule has 1 aromatic rings. The van der Waals surface area contributed by atoms with Crippen molar-refractivity contribution in [1.29, 1.82) is 0 Å². The Morgan fingerprint density at radius 1 is 1.58 bits per heavy atom. The number of fused-ring (bicyclic) bond motifs is 1. The van der Waals surface area contributed by atoms with Crippen LogP contribution in [0.4, 0.5) is 11.5 Å². The number of pyridine rings is 1. The van der Waals surface area contributed by atoms with Crippen LogP contribution in [0.3, 0.4) is 0 Å². The average molecular weight is 374 g/mol. The lowest BCUT2D eigenvalue weighted by Gasteiger charge is -2.20. The van der Waals surface area contributed by atoms with Crippen molar-refractivity contribution in [3.63, 3.8) is 0 Å². The first-order valence-electron chi connectivity index (χ1n) is 7.30. The van der Waals surface area contributed by atoms with Gasteiger partial charge in [0, 0.05) is 18.0 Å². The van der Waals surface area contributed by atoms with Crippen LogP contribution in [-0.2, 0) is 14.3 Å². The van der Waals surface area contributed by atoms with Gasteiger partial charge in [0.15, 0.2) is 11.6 Å². The largest absolute Gasteiger partial charge is 0.357 e. The van der Waals surface area contributed by atoms with E-state index in [0.29, 0.717) is 5.75 Å². The van der Waals surface area contributed by atoms with Crippen molar-refractivity contribution in [3.05, 3.63) is 27.4 Å². The second kappa shape index (κ2) is 6.47. The van der Waals surface area contributed by atoms with Gasteiger partial charge in [0.2, 0.25) is 5.82 Å². The van der Waals surface area contributed by atoms with Gasteiger partial charge in [-0.3, -0.25) is 14.9 Å². The molecule has 2 aliphatic heterocycles. The van der Waals surface area contributed by atoms with Gasteiger partial charge in [0.05, 0.1) is 27.8 Å². The number of thioether (sulfide) groups is 1. The van der Waals surface area contributed by atoms with Crippen molar-refractivity contribution in [3.8, 4) is 0 Å². The summed E-state index contributed by atoms with van der Waals surface area (Å²) < 4.78 is 11.6. The molecule has 1 N–H and O–H groups in total. The summed E-state index contributed by atoms with van der Waals surface area (Å²) in [6, 6.07) is 1.19. The van der Waals surface area contributed by atoms with E-state index in [1.165, 1.54) is 24.0 Å². The summed E-state index contributed by atoms with van der Waals surface area (Å²) in [5.74, 6) is -0.108. The highest BCUT2D eigenvalue weighted by Crippen LogP contribution is 2.41. The van der Waals surface area contributed by atoms with Gasteiger partial charge in [0.1, 0.15) is 6.10 Å². The lowest BCUT2D eigenvalue weighted by Crippen LogP contribution is -2.36. The molecule has 3 rings (SSSR count). The average Bonchev–Trinajstić information content (AvgIpc) is 3.00. The summed E-state index contributed by atoms with van der Waals surface area (Å²) in [4.78, 5) is 26.8. The highest BCUT2D eigenvalue weighted by Gasteiger charge is 2.51. The number of ketones is 1. The summed E-state index contributed by atoms with van der Waals surface area (Å²) >= 11 is 7.20. The highest BCUT2D eigenvalue weighted by molar-refractivity contribution is 8.01. The molecule has 130 valence electrons. The van der Waals surface area contributed by atoms with E-state index in [1.807, 2.05) is 13.8 Å². The molecule has 0 bridgehead atoms. The molecule has 2 fully saturated rings. The SMILES string of the molecule is CC1(C)O[C@@H]2[C@@H](CS[C@H]2C(=O)CNc2ncc(Cl)cc2[N+](=O)[O-])O1. The van der Waals surface area contributed by atoms with Gasteiger partial charge in [-0.2, -0.15) is 0 Å². The maximum atomic E-state index is 12.5. The third-order valence-electron chi connectivity index (χ3n) is 3.74. The molecular weight excluding hydrogens is 358 g/mol. The summed E-state index contributed by atoms with van der Waals surface area (Å²) in [7, 11) is 0. The number of nitrogens with one attached hydrogen (secondary N) is 1. The molecule has 8 nitrogen and oxygen atoms in total. The predicted octanol–water partition coefficient (Wildman–Crippen LogP) is 2.26. The zero-order valence-electron chi connectivity index (χ0n) is 13.0. The monoisotopic (exact) mass is 373 g/mol. The highest BCUT2D eigenvalue weighted by atomic mass is 35.5. The molecule has 3 heterocycles. The zero-order valence-corrected chi connectivity index (χ0v) is 14.6. The van der Waals surface area contributed by atoms with Crippen LogP contribution in [-0.4, -0.2) is 51.2 Å². The predicted molar refractivity (Wildman–Crippen MR) is 89.5 cm³/mol. The number of carbonyl (C=O) groups is 1. The molecule has 10 heteroatoms. The van der Waals surface area contributed by atoms with Crippen molar-refractivity contribution < 1.29 is 19.2 Å². The molecule has 24 heavy (non-hydrogen) atoms. The molecule has 0 aliphatic carbocycles. The fraction of sp³-hybridized carbons (Fsp3) is 0.571. The Morgan fingerprint density at radius 2 is 2.33 bits per heavy atom. The number of anilines is 1. The maximum absolute atomic E-state index is 12.5. The third kappa shape index (κ3) is 3.49. The lowest BCUT2D eigenvalue weighted by atomic mass is 10.1. The summed E-state index contributed by atoms with van der Waals surface area (Å²) in [6.07, 6.45) is 0.882. The lowest BCUT2D eigenvalue weighted by molar-refractivity contribution is -0.384. The van der Waals surface area contributed by atoms with Gasteiger partial charge < -0.3 is 14.8 Å². The van der Waals surface area contributed by atoms with Crippen LogP contribution >= 0.6 is 23.4 Å². The van der Waals surface area contributed by atoms with Crippen molar-refractivity contribution >= 4 is 40.7 Å². The minimum Gasteiger partial charge on any atom is -0.357 e. The van der Waals surface area contributed by atoms with Gasteiger partial charge in [0.25, 0.3) is 0 Å². The molecule has 2 aliphatic rings. The minimum atomic E-state index is -0.696. The topological polar surface area (TPSA) is 104 Å². The van der Waals surface area contributed by atoms with Crippen LogP contribution < -0.4 is 5.32 Å². The van der Waals surface area contributed by atoms with Gasteiger partial charge in [-0.15, -0.1) is 11.8 Å². The first-order chi connectivity index (χ1) is 11.3. The van der Waals surface area contributed by atoms with Crippen molar-refractivity contribution in [2.24, 2.45) is 0 Å². The molecule has 0 amide bonds. The van der Waals surface area contributed by atoms with E-state index in [4.69, 9.17) is 21.1 Å². The Balaban J connectivity index is 1.66. The third-order valence-corrected chi connectivity index (χ3v) is 5.36. The maximum Gasteiger partial charge on any atom is 0.312 e. The van der Waals surface area contributed by atoms with Crippen LogP contribution in [0.5, 0.6) is 0 Å². The Kier molecular flexibility index (Phi) is 4.69. The van der Waals surface area contributed by atoms with E-state index in [2.05, 4.69) is 10.3 Å². The smallest absolute Gasteiger partial charge is 0.312 e. The second-order valence-corrected chi connectivity index (χ2v) is 7.60. The number of ether oxygens (including phenoxy) is 2. The summed E-state index contributed by atoms with van der Waals surface area (Å²) in [5, 5.41) is 13.6. The van der Waals surface area contributed by atoms with E-state index < -0.39 is 10.7 Å². The van der Waals surface area contributed by atoms with E-state index in [9.17, 15) is 14.9 Å². The fourth-order valence-corrected chi connectivity index (χ4v) is 4.29. The number of hydrogen-bond acceptors (Lipinski definition) is 8. The molecule has 0 aromatic carbocycles. The molecule has 1 aromatic heterocycles. The van der Waals surface area contributed by atoms with Crippen LogP contribution in [0.25, 0.3) is 0 Å². The van der Waals surface area contributed by atoms with Crippen molar-refractivity contribution in [2.45, 2.75) is 37.1 Å². The Hall–Kier alpha value is -1.42. The van der Waals surface area contributed by atoms with E-state index in [1.54, 1.807) is 0 Å². The van der Waals surface area contributed by atoms with Crippen LogP contribution in [0, 0.1) is 10.1 Å². The Morgan fingerprint density at radius 3 is 3.04 bits per heavy atom. The Labute approximate surface area is 147 Å². The number of nitrogens with zero attached hydrogens (tertiary/aromatic N) is 2. The number of hydrogen-bond donors (Lipinski definition) is 1. The first kappa shape index (κ1) is 17.4. The van der Waals surface area contributed by atoms with Gasteiger partial charge in [-0.25, -0.2) is 4.98 Å². The first-order valence-corrected chi connectivity index (χ1v) is 8.73. The molecule has 0 spiro atoms. The van der Waals surface area contributed by atoms with Gasteiger partial charge in [-0.1, -0.05) is 11.6 Å². The van der Waals surface area contributed by atoms with Crippen LogP contribution in [0.15, 0.2) is 12.3 Å². The molecule has 0 saturated carbocycles. The van der Waals surface area contributed by atoms with Crippen molar-refractivity contribution in [2.75, 3.05) is 17.6 Å². The van der Waals surface area contributed by atoms with Crippen LogP contribution in [0.1, 0.15) is 13.8 Å². The second-order valence-electron chi connectivity index (χ2n) is 5.99. The summed E-state index contributed by atoms with van der Waals surface area (Å²) in [5.41, 5.74) is -0.270. The molecule has 0 radical (unpaired) electrons. The summed E-state index contributed by atoms with van der Waals surface area (Å²) in [6.45, 7) is 3.55. The molecular formula is C14H16ClN3O5S. The fourth-order valence-electron chi connectivity index (χ4n) is 2.79. The number of nitro groups is 1. The molecule has 3 atom stereocenters. The standard InChI is InChI=1S/C14H16ClN3O5S/c1-14(2)22-10-6-24-12(11(10)23-14)9(19)5-17-13-8(18(20)21)3-7(15)4-16-13/h3-4,10-12H,5-6H2,1-2H3,(H,16,17)/t10-,11-,12+/m1/s1. The quantitative estimate of drug-likeness (QED) is 0.619. The van der Waals surface area contributed by atoms with Gasteiger partial charge in [-0.05, 0) is 13.8 Å². The zero-order chi connectivity index (χ0) is 17.5. The number of halogens is 1. The minimum absolute atomic E-state index is 0.0150.